The Bertz CT molecular complexity index is 1620. The summed E-state index contributed by atoms with van der Waals surface area (Å²) in [6.45, 7) is 2.19. The molecule has 1 N–H and O–H groups in total. The summed E-state index contributed by atoms with van der Waals surface area (Å²) < 4.78 is 48.7. The normalized spacial score (nSPS) is 27.2. The number of ether oxygens (including phenoxy) is 1. The summed E-state index contributed by atoms with van der Waals surface area (Å²) in [5.74, 6) is -2.89. The number of carbonyl (C=O) groups excluding carboxylic acids is 2. The number of rotatable bonds is 6. The van der Waals surface area contributed by atoms with E-state index in [2.05, 4.69) is 12.2 Å². The molecule has 1 saturated heterocycles. The van der Waals surface area contributed by atoms with Crippen molar-refractivity contribution in [3.8, 4) is 5.75 Å². The SMILES string of the molecule is CC1C2C3CC(C12)N1C(=O)c2c(OCc4ccccc4)c(=O)c(C(=O)NCc4cc(F)c(F)cc4F)cn2CC31. The van der Waals surface area contributed by atoms with Crippen LogP contribution in [-0.2, 0) is 19.7 Å². The molecule has 2 aliphatic carbocycles. The van der Waals surface area contributed by atoms with Crippen molar-refractivity contribution in [3.05, 3.63) is 98.7 Å². The molecule has 206 valence electrons. The molecule has 7 nitrogen and oxygen atoms in total. The van der Waals surface area contributed by atoms with Crippen molar-refractivity contribution >= 4 is 11.8 Å². The fourth-order valence-corrected chi connectivity index (χ4v) is 7.41. The summed E-state index contributed by atoms with van der Waals surface area (Å²) in [5, 5.41) is 2.42. The number of hydrogen-bond acceptors (Lipinski definition) is 4. The summed E-state index contributed by atoms with van der Waals surface area (Å²) in [6.07, 6.45) is 2.31. The molecule has 10 heteroatoms. The summed E-state index contributed by atoms with van der Waals surface area (Å²) in [5.41, 5.74) is -0.416. The quantitative estimate of drug-likeness (QED) is 0.474. The molecule has 1 aromatic heterocycles. The molecule has 0 radical (unpaired) electrons. The molecule has 6 unspecified atom stereocenters. The van der Waals surface area contributed by atoms with Gasteiger partial charge in [-0.2, -0.15) is 0 Å². The van der Waals surface area contributed by atoms with Gasteiger partial charge in [0.1, 0.15) is 18.0 Å². The number of piperidine rings is 1. The van der Waals surface area contributed by atoms with Crippen LogP contribution in [-0.4, -0.2) is 33.4 Å². The summed E-state index contributed by atoms with van der Waals surface area (Å²) in [4.78, 5) is 42.7. The van der Waals surface area contributed by atoms with Crippen molar-refractivity contribution in [3.63, 3.8) is 0 Å². The van der Waals surface area contributed by atoms with Gasteiger partial charge in [-0.05, 0) is 41.7 Å². The first-order valence-electron chi connectivity index (χ1n) is 13.4. The minimum atomic E-state index is -1.34. The van der Waals surface area contributed by atoms with E-state index in [4.69, 9.17) is 4.74 Å². The lowest BCUT2D eigenvalue weighted by Crippen LogP contribution is -2.53. The number of fused-ring (bicyclic) bond motifs is 9. The van der Waals surface area contributed by atoms with E-state index in [0.29, 0.717) is 42.3 Å². The van der Waals surface area contributed by atoms with Gasteiger partial charge in [0.15, 0.2) is 23.1 Å². The largest absolute Gasteiger partial charge is 0.483 e. The standard InChI is InChI=1S/C30H26F3N3O4/c1-14-24-17-8-22(25(14)24)36-23(17)12-35-11-18(29(38)34-10-16-7-20(32)21(33)9-19(16)31)27(37)28(26(35)30(36)39)40-13-15-5-3-2-4-6-15/h2-7,9,11,14,17,22-25H,8,10,12-13H2,1H3,(H,34,38). The first-order valence-corrected chi connectivity index (χ1v) is 13.4. The second-order valence-electron chi connectivity index (χ2n) is 11.3. The maximum Gasteiger partial charge on any atom is 0.275 e. The molecule has 2 bridgehead atoms. The molecular formula is C30H26F3N3O4. The second-order valence-corrected chi connectivity index (χ2v) is 11.3. The Morgan fingerprint density at radius 2 is 1.77 bits per heavy atom. The van der Waals surface area contributed by atoms with Crippen LogP contribution in [0.5, 0.6) is 5.75 Å². The molecule has 7 rings (SSSR count). The van der Waals surface area contributed by atoms with E-state index in [1.165, 1.54) is 6.20 Å². The van der Waals surface area contributed by atoms with Gasteiger partial charge >= 0.3 is 0 Å². The Labute approximate surface area is 227 Å². The smallest absolute Gasteiger partial charge is 0.275 e. The zero-order valence-electron chi connectivity index (χ0n) is 21.6. The molecule has 2 aromatic carbocycles. The number of halogens is 3. The number of nitrogens with zero attached hydrogens (tertiary/aromatic N) is 2. The zero-order chi connectivity index (χ0) is 27.9. The van der Waals surface area contributed by atoms with E-state index >= 15 is 0 Å². The van der Waals surface area contributed by atoms with Crippen molar-refractivity contribution in [1.29, 1.82) is 0 Å². The van der Waals surface area contributed by atoms with Gasteiger partial charge < -0.3 is 19.5 Å². The van der Waals surface area contributed by atoms with Crippen LogP contribution in [0.15, 0.2) is 53.5 Å². The Balaban J connectivity index is 1.24. The molecule has 2 amide bonds. The molecular weight excluding hydrogens is 523 g/mol. The minimum absolute atomic E-state index is 0.0126. The third-order valence-corrected chi connectivity index (χ3v) is 9.24. The van der Waals surface area contributed by atoms with Gasteiger partial charge in [0.25, 0.3) is 11.8 Å². The molecule has 0 spiro atoms. The number of amides is 2. The average molecular weight is 550 g/mol. The fourth-order valence-electron chi connectivity index (χ4n) is 7.41. The Morgan fingerprint density at radius 3 is 2.55 bits per heavy atom. The predicted octanol–water partition coefficient (Wildman–Crippen LogP) is 3.88. The van der Waals surface area contributed by atoms with E-state index in [-0.39, 0.29) is 47.2 Å². The van der Waals surface area contributed by atoms with Gasteiger partial charge in [-0.3, -0.25) is 14.4 Å². The van der Waals surface area contributed by atoms with Gasteiger partial charge in [-0.25, -0.2) is 13.2 Å². The number of hydrogen-bond donors (Lipinski definition) is 1. The molecule has 4 aliphatic rings. The Hall–Kier alpha value is -4.08. The van der Waals surface area contributed by atoms with Crippen LogP contribution in [0, 0.1) is 41.1 Å². The van der Waals surface area contributed by atoms with Crippen LogP contribution in [0.4, 0.5) is 13.2 Å². The molecule has 3 heterocycles. The molecule has 3 fully saturated rings. The Kier molecular flexibility index (Phi) is 5.59. The summed E-state index contributed by atoms with van der Waals surface area (Å²) in [7, 11) is 0. The van der Waals surface area contributed by atoms with E-state index in [1.54, 1.807) is 4.57 Å². The van der Waals surface area contributed by atoms with Crippen LogP contribution in [0.2, 0.25) is 0 Å². The van der Waals surface area contributed by atoms with Crippen LogP contribution in [0.3, 0.4) is 0 Å². The maximum absolute atomic E-state index is 14.1. The highest BCUT2D eigenvalue weighted by atomic mass is 19.2. The predicted molar refractivity (Wildman–Crippen MR) is 137 cm³/mol. The van der Waals surface area contributed by atoms with Crippen LogP contribution in [0.25, 0.3) is 0 Å². The molecule has 6 atom stereocenters. The van der Waals surface area contributed by atoms with Gasteiger partial charge in [0.2, 0.25) is 5.43 Å². The molecule has 3 aromatic rings. The molecule has 2 saturated carbocycles. The Morgan fingerprint density at radius 1 is 1.02 bits per heavy atom. The lowest BCUT2D eigenvalue weighted by atomic mass is 9.93. The lowest BCUT2D eigenvalue weighted by molar-refractivity contribution is 0.0462. The van der Waals surface area contributed by atoms with E-state index in [9.17, 15) is 27.6 Å². The third-order valence-electron chi connectivity index (χ3n) is 9.24. The maximum atomic E-state index is 14.1. The second kappa shape index (κ2) is 8.97. The van der Waals surface area contributed by atoms with Crippen molar-refractivity contribution in [2.75, 3.05) is 0 Å². The van der Waals surface area contributed by atoms with Crippen molar-refractivity contribution < 1.29 is 27.5 Å². The number of aromatic nitrogens is 1. The topological polar surface area (TPSA) is 80.6 Å². The number of benzene rings is 2. The van der Waals surface area contributed by atoms with E-state index in [0.717, 1.165) is 12.0 Å². The molecule has 2 aliphatic heterocycles. The number of pyridine rings is 1. The fraction of sp³-hybridized carbons (Fsp3) is 0.367. The first-order chi connectivity index (χ1) is 19.2. The summed E-state index contributed by atoms with van der Waals surface area (Å²) in [6, 6.07) is 10.3. The zero-order valence-corrected chi connectivity index (χ0v) is 21.6. The highest BCUT2D eigenvalue weighted by Gasteiger charge is 2.70. The van der Waals surface area contributed by atoms with E-state index < -0.39 is 35.3 Å². The lowest BCUT2D eigenvalue weighted by Gasteiger charge is -2.40. The van der Waals surface area contributed by atoms with Crippen molar-refractivity contribution in [1.82, 2.24) is 14.8 Å². The van der Waals surface area contributed by atoms with Crippen LogP contribution >= 0.6 is 0 Å². The summed E-state index contributed by atoms with van der Waals surface area (Å²) >= 11 is 0. The minimum Gasteiger partial charge on any atom is -0.483 e. The highest BCUT2D eigenvalue weighted by Crippen LogP contribution is 2.67. The number of nitrogens with one attached hydrogen (secondary N) is 1. The third kappa shape index (κ3) is 3.68. The monoisotopic (exact) mass is 549 g/mol. The first kappa shape index (κ1) is 24.9. The number of carbonyl (C=O) groups is 2. The average Bonchev–Trinajstić information content (AvgIpc) is 3.27. The van der Waals surface area contributed by atoms with Crippen molar-refractivity contribution in [2.24, 2.45) is 23.7 Å². The van der Waals surface area contributed by atoms with Gasteiger partial charge in [-0.1, -0.05) is 37.3 Å². The van der Waals surface area contributed by atoms with Gasteiger partial charge in [-0.15, -0.1) is 0 Å². The van der Waals surface area contributed by atoms with Gasteiger partial charge in [0.05, 0.1) is 6.04 Å². The van der Waals surface area contributed by atoms with Crippen LogP contribution in [0.1, 0.15) is 45.3 Å². The van der Waals surface area contributed by atoms with Crippen molar-refractivity contribution in [2.45, 2.75) is 45.1 Å². The highest BCUT2D eigenvalue weighted by molar-refractivity contribution is 5.99. The van der Waals surface area contributed by atoms with Gasteiger partial charge in [0, 0.05) is 37.0 Å². The van der Waals surface area contributed by atoms with E-state index in [1.807, 2.05) is 35.2 Å². The van der Waals surface area contributed by atoms with Crippen LogP contribution < -0.4 is 15.5 Å². The molecule has 40 heavy (non-hydrogen) atoms.